The maximum Gasteiger partial charge on any atom is 0.233 e. The molecule has 2 saturated heterocycles. The maximum absolute atomic E-state index is 12.7. The normalized spacial score (nSPS) is 23.7. The van der Waals surface area contributed by atoms with Crippen molar-refractivity contribution in [2.45, 2.75) is 18.0 Å². The molecule has 9 heteroatoms. The Morgan fingerprint density at radius 1 is 1.42 bits per heavy atom. The van der Waals surface area contributed by atoms with Crippen LogP contribution >= 0.6 is 11.8 Å². The Kier molecular flexibility index (Phi) is 5.09. The van der Waals surface area contributed by atoms with Crippen molar-refractivity contribution in [2.24, 2.45) is 12.5 Å². The molecule has 3 heterocycles. The molecular formula is C15H23N5O3S. The molecule has 0 aliphatic carbocycles. The Balaban J connectivity index is 1.54. The van der Waals surface area contributed by atoms with Gasteiger partial charge in [-0.1, -0.05) is 11.8 Å². The molecule has 2 amide bonds. The van der Waals surface area contributed by atoms with E-state index in [1.54, 1.807) is 18.0 Å². The third-order valence-electron chi connectivity index (χ3n) is 4.87. The molecule has 8 nitrogen and oxygen atoms in total. The summed E-state index contributed by atoms with van der Waals surface area (Å²) >= 11 is 1.38. The number of hydrogen-bond acceptors (Lipinski definition) is 6. The summed E-state index contributed by atoms with van der Waals surface area (Å²) in [6, 6.07) is 0. The monoisotopic (exact) mass is 353 g/mol. The highest BCUT2D eigenvalue weighted by atomic mass is 32.2. The summed E-state index contributed by atoms with van der Waals surface area (Å²) < 4.78 is 6.85. The second kappa shape index (κ2) is 7.10. The molecule has 0 saturated carbocycles. The van der Waals surface area contributed by atoms with E-state index in [0.29, 0.717) is 32.0 Å². The lowest BCUT2D eigenvalue weighted by molar-refractivity contribution is -0.136. The van der Waals surface area contributed by atoms with Crippen molar-refractivity contribution in [1.29, 1.82) is 0 Å². The van der Waals surface area contributed by atoms with Crippen molar-refractivity contribution in [1.82, 2.24) is 24.6 Å². The Labute approximate surface area is 145 Å². The van der Waals surface area contributed by atoms with Gasteiger partial charge in [-0.2, -0.15) is 0 Å². The van der Waals surface area contributed by atoms with Crippen LogP contribution in [0.25, 0.3) is 0 Å². The fraction of sp³-hybridized carbons (Fsp3) is 0.733. The van der Waals surface area contributed by atoms with Crippen LogP contribution in [0.15, 0.2) is 11.5 Å². The van der Waals surface area contributed by atoms with E-state index >= 15 is 0 Å². The largest absolute Gasteiger partial charge is 0.383 e. The summed E-state index contributed by atoms with van der Waals surface area (Å²) in [5.74, 6) is 0.559. The van der Waals surface area contributed by atoms with Crippen LogP contribution in [0.3, 0.4) is 0 Å². The SMILES string of the molecule is COCCN1CCC2(CCN(C(=O)CSc3nncn3C)C2)C1=O. The van der Waals surface area contributed by atoms with Crippen LogP contribution in [0.2, 0.25) is 0 Å². The van der Waals surface area contributed by atoms with Crippen LogP contribution in [0.4, 0.5) is 0 Å². The topological polar surface area (TPSA) is 80.6 Å². The molecule has 0 N–H and O–H groups in total. The molecule has 2 aliphatic heterocycles. The molecule has 2 fully saturated rings. The number of likely N-dealkylation sites (tertiary alicyclic amines) is 2. The van der Waals surface area contributed by atoms with E-state index in [1.807, 2.05) is 16.8 Å². The minimum atomic E-state index is -0.376. The van der Waals surface area contributed by atoms with E-state index in [2.05, 4.69) is 10.2 Å². The van der Waals surface area contributed by atoms with Gasteiger partial charge in [0, 0.05) is 40.3 Å². The third-order valence-corrected chi connectivity index (χ3v) is 5.89. The Morgan fingerprint density at radius 2 is 2.21 bits per heavy atom. The quantitative estimate of drug-likeness (QED) is 0.670. The molecule has 1 unspecified atom stereocenters. The highest BCUT2D eigenvalue weighted by Crippen LogP contribution is 2.40. The predicted molar refractivity (Wildman–Crippen MR) is 88.4 cm³/mol. The summed E-state index contributed by atoms with van der Waals surface area (Å²) in [4.78, 5) is 28.8. The number of thioether (sulfide) groups is 1. The predicted octanol–water partition coefficient (Wildman–Crippen LogP) is 0.00460. The molecule has 1 atom stereocenters. The van der Waals surface area contributed by atoms with Gasteiger partial charge in [-0.15, -0.1) is 10.2 Å². The fourth-order valence-electron chi connectivity index (χ4n) is 3.39. The molecule has 1 aromatic heterocycles. The first-order chi connectivity index (χ1) is 11.6. The number of rotatable bonds is 6. The first-order valence-corrected chi connectivity index (χ1v) is 9.07. The van der Waals surface area contributed by atoms with Gasteiger partial charge >= 0.3 is 0 Å². The summed E-state index contributed by atoms with van der Waals surface area (Å²) in [5, 5.41) is 8.50. The van der Waals surface area contributed by atoms with Gasteiger partial charge in [0.2, 0.25) is 11.8 Å². The van der Waals surface area contributed by atoms with Crippen molar-refractivity contribution < 1.29 is 14.3 Å². The molecule has 1 aromatic rings. The number of nitrogens with zero attached hydrogens (tertiary/aromatic N) is 5. The van der Waals surface area contributed by atoms with Crippen LogP contribution < -0.4 is 0 Å². The van der Waals surface area contributed by atoms with Gasteiger partial charge in [-0.3, -0.25) is 9.59 Å². The zero-order chi connectivity index (χ0) is 17.2. The van der Waals surface area contributed by atoms with Crippen molar-refractivity contribution in [2.75, 3.05) is 45.6 Å². The number of amides is 2. The van der Waals surface area contributed by atoms with Gasteiger partial charge in [0.25, 0.3) is 0 Å². The fourth-order valence-corrected chi connectivity index (χ4v) is 4.18. The maximum atomic E-state index is 12.7. The number of carbonyl (C=O) groups excluding carboxylic acids is 2. The third kappa shape index (κ3) is 3.27. The van der Waals surface area contributed by atoms with Crippen LogP contribution in [-0.2, 0) is 21.4 Å². The summed E-state index contributed by atoms with van der Waals surface area (Å²) in [6.07, 6.45) is 3.20. The van der Waals surface area contributed by atoms with Gasteiger partial charge < -0.3 is 19.1 Å². The molecule has 0 radical (unpaired) electrons. The highest BCUT2D eigenvalue weighted by molar-refractivity contribution is 7.99. The van der Waals surface area contributed by atoms with Gasteiger partial charge in [-0.25, -0.2) is 0 Å². The van der Waals surface area contributed by atoms with Crippen molar-refractivity contribution in [3.8, 4) is 0 Å². The zero-order valence-electron chi connectivity index (χ0n) is 14.1. The molecule has 0 aromatic carbocycles. The lowest BCUT2D eigenvalue weighted by atomic mass is 9.85. The molecular weight excluding hydrogens is 330 g/mol. The van der Waals surface area contributed by atoms with Crippen molar-refractivity contribution in [3.63, 3.8) is 0 Å². The second-order valence-corrected chi connectivity index (χ2v) is 7.34. The number of aryl methyl sites for hydroxylation is 1. The van der Waals surface area contributed by atoms with Gasteiger partial charge in [0.05, 0.1) is 17.8 Å². The van der Waals surface area contributed by atoms with Gasteiger partial charge in [0.1, 0.15) is 6.33 Å². The summed E-state index contributed by atoms with van der Waals surface area (Å²) in [7, 11) is 3.49. The Hall–Kier alpha value is -1.61. The summed E-state index contributed by atoms with van der Waals surface area (Å²) in [5.41, 5.74) is -0.376. The number of carbonyl (C=O) groups is 2. The van der Waals surface area contributed by atoms with E-state index in [9.17, 15) is 9.59 Å². The first-order valence-electron chi connectivity index (χ1n) is 8.09. The van der Waals surface area contributed by atoms with Crippen LogP contribution in [0.5, 0.6) is 0 Å². The average Bonchev–Trinajstić information content (AvgIpc) is 3.26. The highest BCUT2D eigenvalue weighted by Gasteiger charge is 2.51. The molecule has 2 aliphatic rings. The molecule has 1 spiro atoms. The van der Waals surface area contributed by atoms with E-state index < -0.39 is 0 Å². The zero-order valence-corrected chi connectivity index (χ0v) is 14.9. The minimum absolute atomic E-state index is 0.0583. The number of ether oxygens (including phenoxy) is 1. The molecule has 132 valence electrons. The van der Waals surface area contributed by atoms with Crippen LogP contribution in [-0.4, -0.2) is 82.0 Å². The first kappa shape index (κ1) is 17.2. The average molecular weight is 353 g/mol. The lowest BCUT2D eigenvalue weighted by Crippen LogP contribution is -2.39. The Morgan fingerprint density at radius 3 is 2.92 bits per heavy atom. The number of aromatic nitrogens is 3. The molecule has 3 rings (SSSR count). The second-order valence-electron chi connectivity index (χ2n) is 6.39. The van der Waals surface area contributed by atoms with E-state index in [4.69, 9.17) is 4.74 Å². The minimum Gasteiger partial charge on any atom is -0.383 e. The summed E-state index contributed by atoms with van der Waals surface area (Å²) in [6.45, 7) is 3.14. The van der Waals surface area contributed by atoms with E-state index in [0.717, 1.165) is 24.5 Å². The smallest absolute Gasteiger partial charge is 0.233 e. The van der Waals surface area contributed by atoms with Crippen molar-refractivity contribution >= 4 is 23.6 Å². The van der Waals surface area contributed by atoms with E-state index in [1.165, 1.54) is 11.8 Å². The standard InChI is InChI=1S/C15H23N5O3S/c1-18-11-16-17-14(18)24-9-12(21)20-6-4-15(10-20)3-5-19(13(15)22)7-8-23-2/h11H,3-10H2,1-2H3. The van der Waals surface area contributed by atoms with Crippen LogP contribution in [0.1, 0.15) is 12.8 Å². The van der Waals surface area contributed by atoms with Gasteiger partial charge in [0.15, 0.2) is 5.16 Å². The number of hydrogen-bond donors (Lipinski definition) is 0. The number of methoxy groups -OCH3 is 1. The molecule has 24 heavy (non-hydrogen) atoms. The molecule has 0 bridgehead atoms. The lowest BCUT2D eigenvalue weighted by Gasteiger charge is -2.23. The van der Waals surface area contributed by atoms with Crippen LogP contribution in [0, 0.1) is 5.41 Å². The van der Waals surface area contributed by atoms with E-state index in [-0.39, 0.29) is 17.2 Å². The van der Waals surface area contributed by atoms with Gasteiger partial charge in [-0.05, 0) is 12.8 Å². The Bertz CT molecular complexity index is 622. The van der Waals surface area contributed by atoms with Crippen molar-refractivity contribution in [3.05, 3.63) is 6.33 Å².